The Labute approximate surface area is 127 Å². The normalized spacial score (nSPS) is 24.2. The summed E-state index contributed by atoms with van der Waals surface area (Å²) in [6, 6.07) is 7.19. The smallest absolute Gasteiger partial charge is 0.123 e. The van der Waals surface area contributed by atoms with E-state index >= 15 is 0 Å². The van der Waals surface area contributed by atoms with Crippen LogP contribution in [0.15, 0.2) is 24.3 Å². The van der Waals surface area contributed by atoms with E-state index in [-0.39, 0.29) is 24.0 Å². The second kappa shape index (κ2) is 7.87. The summed E-state index contributed by atoms with van der Waals surface area (Å²) < 4.78 is 13.0. The van der Waals surface area contributed by atoms with Crippen molar-refractivity contribution in [1.82, 2.24) is 10.2 Å². The lowest BCUT2D eigenvalue weighted by Crippen LogP contribution is -2.44. The number of hydrogen-bond donors (Lipinski definition) is 2. The van der Waals surface area contributed by atoms with Gasteiger partial charge < -0.3 is 15.3 Å². The maximum Gasteiger partial charge on any atom is 0.123 e. The lowest BCUT2D eigenvalue weighted by atomic mass is 9.91. The van der Waals surface area contributed by atoms with E-state index in [2.05, 4.69) is 17.3 Å². The van der Waals surface area contributed by atoms with Crippen molar-refractivity contribution in [1.29, 1.82) is 0 Å². The van der Waals surface area contributed by atoms with Crippen molar-refractivity contribution >= 4 is 0 Å². The van der Waals surface area contributed by atoms with E-state index < -0.39 is 0 Å². The molecule has 4 heteroatoms. The molecule has 1 aromatic rings. The first-order chi connectivity index (χ1) is 10.1. The molecule has 3 unspecified atom stereocenters. The van der Waals surface area contributed by atoms with Crippen LogP contribution in [0, 0.1) is 5.82 Å². The van der Waals surface area contributed by atoms with Gasteiger partial charge in [0.25, 0.3) is 0 Å². The first-order valence-electron chi connectivity index (χ1n) is 7.93. The highest BCUT2D eigenvalue weighted by Gasteiger charge is 2.26. The van der Waals surface area contributed by atoms with Crippen LogP contribution in [0.2, 0.25) is 0 Å². The number of benzene rings is 1. The average molecular weight is 294 g/mol. The van der Waals surface area contributed by atoms with Crippen molar-refractivity contribution in [3.8, 4) is 0 Å². The first-order valence-corrected chi connectivity index (χ1v) is 7.93. The Morgan fingerprint density at radius 2 is 1.95 bits per heavy atom. The Bertz CT molecular complexity index is 423. The number of halogens is 1. The third-order valence-electron chi connectivity index (χ3n) is 4.65. The molecule has 3 atom stereocenters. The van der Waals surface area contributed by atoms with Crippen LogP contribution in [0.25, 0.3) is 0 Å². The molecule has 0 heterocycles. The Balaban J connectivity index is 1.88. The van der Waals surface area contributed by atoms with E-state index in [0.717, 1.165) is 37.8 Å². The molecule has 1 saturated carbocycles. The van der Waals surface area contributed by atoms with E-state index in [4.69, 9.17) is 0 Å². The molecule has 0 spiro atoms. The van der Waals surface area contributed by atoms with Crippen LogP contribution in [0.3, 0.4) is 0 Å². The number of aliphatic hydroxyl groups excluding tert-OH is 1. The Morgan fingerprint density at radius 1 is 1.29 bits per heavy atom. The predicted molar refractivity (Wildman–Crippen MR) is 83.7 cm³/mol. The van der Waals surface area contributed by atoms with Crippen LogP contribution in [0.4, 0.5) is 4.39 Å². The molecule has 1 fully saturated rings. The van der Waals surface area contributed by atoms with Gasteiger partial charge in [-0.05, 0) is 51.1 Å². The number of nitrogens with zero attached hydrogens (tertiary/aromatic N) is 1. The maximum atomic E-state index is 13.0. The number of likely N-dealkylation sites (N-methyl/N-ethyl adjacent to an activating group) is 1. The van der Waals surface area contributed by atoms with Gasteiger partial charge in [0.2, 0.25) is 0 Å². The molecule has 3 nitrogen and oxygen atoms in total. The maximum absolute atomic E-state index is 13.0. The summed E-state index contributed by atoms with van der Waals surface area (Å²) >= 11 is 0. The first kappa shape index (κ1) is 16.4. The summed E-state index contributed by atoms with van der Waals surface area (Å²) in [6.07, 6.45) is 5.10. The molecular weight excluding hydrogens is 267 g/mol. The number of nitrogens with one attached hydrogen (secondary N) is 1. The quantitative estimate of drug-likeness (QED) is 0.847. The van der Waals surface area contributed by atoms with E-state index in [0.29, 0.717) is 0 Å². The lowest BCUT2D eigenvalue weighted by molar-refractivity contribution is 0.0308. The lowest BCUT2D eigenvalue weighted by Gasteiger charge is -2.35. The van der Waals surface area contributed by atoms with Crippen LogP contribution in [0.1, 0.15) is 43.7 Å². The highest BCUT2D eigenvalue weighted by molar-refractivity contribution is 5.19. The topological polar surface area (TPSA) is 35.5 Å². The largest absolute Gasteiger partial charge is 0.391 e. The van der Waals surface area contributed by atoms with Gasteiger partial charge in [-0.2, -0.15) is 0 Å². The molecule has 0 amide bonds. The summed E-state index contributed by atoms with van der Waals surface area (Å²) in [4.78, 5) is 2.28. The number of aliphatic hydroxyl groups is 1. The standard InChI is InChI=1S/C17H27FN2O/c1-19-15(13-7-9-14(18)10-8-13)11-12-20(2)16-5-3-4-6-17(16)21/h7-10,15-17,19,21H,3-6,11-12H2,1-2H3. The number of rotatable bonds is 6. The minimum atomic E-state index is -0.198. The van der Waals surface area contributed by atoms with E-state index in [1.54, 1.807) is 0 Å². The SMILES string of the molecule is CNC(CCN(C)C1CCCCC1O)c1ccc(F)cc1. The van der Waals surface area contributed by atoms with Crippen LogP contribution in [0.5, 0.6) is 0 Å². The van der Waals surface area contributed by atoms with Gasteiger partial charge in [0.05, 0.1) is 6.10 Å². The van der Waals surface area contributed by atoms with Crippen LogP contribution < -0.4 is 5.32 Å². The van der Waals surface area contributed by atoms with Gasteiger partial charge in [0, 0.05) is 18.6 Å². The van der Waals surface area contributed by atoms with Crippen molar-refractivity contribution in [3.05, 3.63) is 35.6 Å². The highest BCUT2D eigenvalue weighted by atomic mass is 19.1. The van der Waals surface area contributed by atoms with Crippen molar-refractivity contribution in [3.63, 3.8) is 0 Å². The third-order valence-corrected chi connectivity index (χ3v) is 4.65. The molecule has 0 bridgehead atoms. The van der Waals surface area contributed by atoms with Gasteiger partial charge in [0.1, 0.15) is 5.82 Å². The van der Waals surface area contributed by atoms with E-state index in [9.17, 15) is 9.50 Å². The minimum absolute atomic E-state index is 0.192. The molecule has 21 heavy (non-hydrogen) atoms. The average Bonchev–Trinajstić information content (AvgIpc) is 2.49. The summed E-state index contributed by atoms with van der Waals surface area (Å²) in [5, 5.41) is 13.4. The van der Waals surface area contributed by atoms with Crippen LogP contribution >= 0.6 is 0 Å². The zero-order chi connectivity index (χ0) is 15.2. The van der Waals surface area contributed by atoms with E-state index in [1.807, 2.05) is 19.2 Å². The minimum Gasteiger partial charge on any atom is -0.391 e. The second-order valence-corrected chi connectivity index (χ2v) is 6.08. The molecule has 0 radical (unpaired) electrons. The van der Waals surface area contributed by atoms with Gasteiger partial charge in [0.15, 0.2) is 0 Å². The van der Waals surface area contributed by atoms with E-state index in [1.165, 1.54) is 18.6 Å². The monoisotopic (exact) mass is 294 g/mol. The van der Waals surface area contributed by atoms with Crippen molar-refractivity contribution < 1.29 is 9.50 Å². The molecule has 0 aliphatic heterocycles. The predicted octanol–water partition coefficient (Wildman–Crippen LogP) is 2.71. The Kier molecular flexibility index (Phi) is 6.15. The molecule has 0 saturated heterocycles. The zero-order valence-electron chi connectivity index (χ0n) is 13.1. The van der Waals surface area contributed by atoms with Crippen LogP contribution in [-0.2, 0) is 0 Å². The van der Waals surface area contributed by atoms with Crippen molar-refractivity contribution in [2.45, 2.75) is 50.3 Å². The fourth-order valence-corrected chi connectivity index (χ4v) is 3.28. The fourth-order valence-electron chi connectivity index (χ4n) is 3.28. The van der Waals surface area contributed by atoms with Crippen LogP contribution in [-0.4, -0.2) is 42.8 Å². The summed E-state index contributed by atoms with van der Waals surface area (Å²) in [5.74, 6) is -0.198. The molecular formula is C17H27FN2O. The van der Waals surface area contributed by atoms with Gasteiger partial charge in [-0.15, -0.1) is 0 Å². The molecule has 1 aliphatic rings. The molecule has 1 aromatic carbocycles. The molecule has 1 aliphatic carbocycles. The van der Waals surface area contributed by atoms with Gasteiger partial charge in [-0.3, -0.25) is 0 Å². The summed E-state index contributed by atoms with van der Waals surface area (Å²) in [7, 11) is 4.03. The van der Waals surface area contributed by atoms with Crippen molar-refractivity contribution in [2.24, 2.45) is 0 Å². The second-order valence-electron chi connectivity index (χ2n) is 6.08. The molecule has 2 rings (SSSR count). The zero-order valence-corrected chi connectivity index (χ0v) is 13.1. The van der Waals surface area contributed by atoms with Gasteiger partial charge in [-0.1, -0.05) is 25.0 Å². The van der Waals surface area contributed by atoms with Gasteiger partial charge >= 0.3 is 0 Å². The van der Waals surface area contributed by atoms with Crippen molar-refractivity contribution in [2.75, 3.05) is 20.6 Å². The Morgan fingerprint density at radius 3 is 2.57 bits per heavy atom. The molecule has 118 valence electrons. The summed E-state index contributed by atoms with van der Waals surface area (Å²) in [5.41, 5.74) is 1.11. The fraction of sp³-hybridized carbons (Fsp3) is 0.647. The molecule has 2 N–H and O–H groups in total. The number of hydrogen-bond acceptors (Lipinski definition) is 3. The third kappa shape index (κ3) is 4.50. The molecule has 0 aromatic heterocycles. The highest BCUT2D eigenvalue weighted by Crippen LogP contribution is 2.24. The van der Waals surface area contributed by atoms with Gasteiger partial charge in [-0.25, -0.2) is 4.39 Å². The Hall–Kier alpha value is -0.970. The summed E-state index contributed by atoms with van der Waals surface area (Å²) in [6.45, 7) is 0.921.